The number of unbranched alkanes of at least 4 members (excludes halogenated alkanes) is 3. The monoisotopic (exact) mass is 396 g/mol. The van der Waals surface area contributed by atoms with Gasteiger partial charge in [0.15, 0.2) is 0 Å². The van der Waals surface area contributed by atoms with Crippen molar-refractivity contribution in [1.82, 2.24) is 0 Å². The number of thioether (sulfide) groups is 1. The Bertz CT molecular complexity index is 801. The largest absolute Gasteiger partial charge is 0.511 e. The number of aliphatic hydroxyl groups excluding tert-OH is 1. The molecule has 0 saturated carbocycles. The van der Waals surface area contributed by atoms with E-state index in [1.807, 2.05) is 60.7 Å². The van der Waals surface area contributed by atoms with E-state index >= 15 is 0 Å². The van der Waals surface area contributed by atoms with Crippen LogP contribution in [0.15, 0.2) is 71.3 Å². The van der Waals surface area contributed by atoms with Crippen molar-refractivity contribution in [3.05, 3.63) is 82.5 Å². The Labute approximate surface area is 171 Å². The lowest BCUT2D eigenvalue weighted by Gasteiger charge is -2.37. The van der Waals surface area contributed by atoms with Crippen molar-refractivity contribution < 1.29 is 14.6 Å². The second kappa shape index (κ2) is 9.83. The number of ether oxygens (including phenoxy) is 1. The zero-order valence-electron chi connectivity index (χ0n) is 16.4. The first-order chi connectivity index (χ1) is 13.6. The third-order valence-corrected chi connectivity index (χ3v) is 6.32. The summed E-state index contributed by atoms with van der Waals surface area (Å²) < 4.78 is 6.03. The number of cyclic esters (lactones) is 1. The van der Waals surface area contributed by atoms with Crippen LogP contribution in [0.3, 0.4) is 0 Å². The van der Waals surface area contributed by atoms with Gasteiger partial charge in [-0.3, -0.25) is 0 Å². The lowest BCUT2D eigenvalue weighted by molar-refractivity contribution is -0.160. The van der Waals surface area contributed by atoms with E-state index in [0.29, 0.717) is 17.1 Å². The third kappa shape index (κ3) is 4.99. The molecule has 1 atom stereocenters. The van der Waals surface area contributed by atoms with Gasteiger partial charge in [-0.25, -0.2) is 4.79 Å². The molecule has 3 rings (SSSR count). The van der Waals surface area contributed by atoms with Crippen LogP contribution in [0.5, 0.6) is 0 Å². The number of esters is 1. The summed E-state index contributed by atoms with van der Waals surface area (Å²) in [5.74, 6) is 0.366. The van der Waals surface area contributed by atoms with E-state index in [-0.39, 0.29) is 5.76 Å². The zero-order chi connectivity index (χ0) is 19.8. The Morgan fingerprint density at radius 2 is 1.68 bits per heavy atom. The molecule has 2 aromatic carbocycles. The molecule has 0 bridgehead atoms. The highest BCUT2D eigenvalue weighted by atomic mass is 32.2. The van der Waals surface area contributed by atoms with Gasteiger partial charge in [-0.15, -0.1) is 11.8 Å². The van der Waals surface area contributed by atoms with Crippen LogP contribution < -0.4 is 0 Å². The van der Waals surface area contributed by atoms with E-state index in [0.717, 1.165) is 36.8 Å². The third-order valence-electron chi connectivity index (χ3n) is 5.15. The maximum Gasteiger partial charge on any atom is 0.348 e. The van der Waals surface area contributed by atoms with Crippen LogP contribution in [0, 0.1) is 0 Å². The standard InChI is InChI=1S/C24H28O3S/c1-2-3-4-11-16-24(20-14-9-6-10-15-20)17-21(25)22(23(26)27-24)28-18-19-12-7-5-8-13-19/h5-10,12-15,25H,2-4,11,16-18H2,1H3. The Morgan fingerprint density at radius 3 is 2.32 bits per heavy atom. The van der Waals surface area contributed by atoms with Crippen molar-refractivity contribution in [3.63, 3.8) is 0 Å². The normalized spacial score (nSPS) is 19.5. The Kier molecular flexibility index (Phi) is 7.21. The van der Waals surface area contributed by atoms with Crippen molar-refractivity contribution in [2.45, 2.75) is 56.8 Å². The first kappa shape index (κ1) is 20.5. The van der Waals surface area contributed by atoms with Gasteiger partial charge in [0.2, 0.25) is 0 Å². The van der Waals surface area contributed by atoms with E-state index in [2.05, 4.69) is 6.92 Å². The fourth-order valence-electron chi connectivity index (χ4n) is 3.62. The summed E-state index contributed by atoms with van der Waals surface area (Å²) in [5, 5.41) is 10.8. The van der Waals surface area contributed by atoms with Gasteiger partial charge in [0, 0.05) is 5.75 Å². The molecule has 1 aliphatic rings. The molecule has 0 saturated heterocycles. The smallest absolute Gasteiger partial charge is 0.348 e. The van der Waals surface area contributed by atoms with E-state index in [4.69, 9.17) is 4.74 Å². The summed E-state index contributed by atoms with van der Waals surface area (Å²) >= 11 is 1.35. The average Bonchev–Trinajstić information content (AvgIpc) is 2.72. The number of benzene rings is 2. The van der Waals surface area contributed by atoms with Crippen LogP contribution >= 0.6 is 11.8 Å². The van der Waals surface area contributed by atoms with Crippen LogP contribution in [0.2, 0.25) is 0 Å². The van der Waals surface area contributed by atoms with Gasteiger partial charge in [0.05, 0.1) is 6.42 Å². The molecule has 28 heavy (non-hydrogen) atoms. The summed E-state index contributed by atoms with van der Waals surface area (Å²) in [6.45, 7) is 2.18. The van der Waals surface area contributed by atoms with Crippen molar-refractivity contribution in [1.29, 1.82) is 0 Å². The molecule has 2 aromatic rings. The molecule has 148 valence electrons. The molecule has 1 unspecified atom stereocenters. The highest BCUT2D eigenvalue weighted by Gasteiger charge is 2.43. The predicted octanol–water partition coefficient (Wildman–Crippen LogP) is 6.50. The van der Waals surface area contributed by atoms with E-state index < -0.39 is 11.6 Å². The summed E-state index contributed by atoms with van der Waals surface area (Å²) in [6, 6.07) is 19.8. The topological polar surface area (TPSA) is 46.5 Å². The molecule has 0 aliphatic carbocycles. The summed E-state index contributed by atoms with van der Waals surface area (Å²) in [5.41, 5.74) is 1.30. The van der Waals surface area contributed by atoms with Gasteiger partial charge in [-0.1, -0.05) is 86.8 Å². The minimum atomic E-state index is -0.771. The highest BCUT2D eigenvalue weighted by Crippen LogP contribution is 2.44. The molecule has 0 radical (unpaired) electrons. The fourth-order valence-corrected chi connectivity index (χ4v) is 4.53. The number of hydrogen-bond acceptors (Lipinski definition) is 4. The fraction of sp³-hybridized carbons (Fsp3) is 0.375. The van der Waals surface area contributed by atoms with Crippen LogP contribution in [0.25, 0.3) is 0 Å². The van der Waals surface area contributed by atoms with Gasteiger partial charge in [-0.05, 0) is 24.0 Å². The first-order valence-corrected chi connectivity index (χ1v) is 11.0. The molecule has 4 heteroatoms. The van der Waals surface area contributed by atoms with E-state index in [1.54, 1.807) is 0 Å². The van der Waals surface area contributed by atoms with Crippen LogP contribution in [-0.4, -0.2) is 11.1 Å². The van der Waals surface area contributed by atoms with Gasteiger partial charge >= 0.3 is 5.97 Å². The van der Waals surface area contributed by atoms with Gasteiger partial charge in [-0.2, -0.15) is 0 Å². The molecule has 0 amide bonds. The van der Waals surface area contributed by atoms with Crippen LogP contribution in [0.4, 0.5) is 0 Å². The Hall–Kier alpha value is -2.20. The van der Waals surface area contributed by atoms with Crippen molar-refractivity contribution in [2.75, 3.05) is 0 Å². The lowest BCUT2D eigenvalue weighted by Crippen LogP contribution is -2.37. The second-order valence-electron chi connectivity index (χ2n) is 7.29. The SMILES string of the molecule is CCCCCCC1(c2ccccc2)CC(O)=C(SCc2ccccc2)C(=O)O1. The summed E-state index contributed by atoms with van der Waals surface area (Å²) in [6.07, 6.45) is 5.45. The first-order valence-electron chi connectivity index (χ1n) is 10.0. The minimum absolute atomic E-state index is 0.150. The van der Waals surface area contributed by atoms with Gasteiger partial charge in [0.25, 0.3) is 0 Å². The van der Waals surface area contributed by atoms with E-state index in [1.165, 1.54) is 18.2 Å². The lowest BCUT2D eigenvalue weighted by atomic mass is 9.83. The van der Waals surface area contributed by atoms with Crippen LogP contribution in [0.1, 0.15) is 56.6 Å². The molecule has 0 aromatic heterocycles. The number of aliphatic hydroxyl groups is 1. The molecule has 0 fully saturated rings. The Balaban J connectivity index is 1.79. The molecule has 1 N–H and O–H groups in total. The Morgan fingerprint density at radius 1 is 1.00 bits per heavy atom. The second-order valence-corrected chi connectivity index (χ2v) is 8.27. The van der Waals surface area contributed by atoms with E-state index in [9.17, 15) is 9.90 Å². The minimum Gasteiger partial charge on any atom is -0.511 e. The molecule has 3 nitrogen and oxygen atoms in total. The van der Waals surface area contributed by atoms with Gasteiger partial charge < -0.3 is 9.84 Å². The van der Waals surface area contributed by atoms with Crippen molar-refractivity contribution in [2.24, 2.45) is 0 Å². The van der Waals surface area contributed by atoms with Gasteiger partial charge in [0.1, 0.15) is 16.3 Å². The quantitative estimate of drug-likeness (QED) is 0.388. The number of hydrogen-bond donors (Lipinski definition) is 1. The highest BCUT2D eigenvalue weighted by molar-refractivity contribution is 8.03. The maximum atomic E-state index is 12.8. The number of rotatable bonds is 9. The molecular formula is C24H28O3S. The van der Waals surface area contributed by atoms with Crippen molar-refractivity contribution in [3.8, 4) is 0 Å². The maximum absolute atomic E-state index is 12.8. The summed E-state index contributed by atoms with van der Waals surface area (Å²) in [7, 11) is 0. The molecule has 1 heterocycles. The number of carbonyl (C=O) groups excluding carboxylic acids is 1. The number of carbonyl (C=O) groups is 1. The molecule has 1 aliphatic heterocycles. The molecular weight excluding hydrogens is 368 g/mol. The van der Waals surface area contributed by atoms with Crippen molar-refractivity contribution >= 4 is 17.7 Å². The summed E-state index contributed by atoms with van der Waals surface area (Å²) in [4.78, 5) is 13.2. The zero-order valence-corrected chi connectivity index (χ0v) is 17.2. The predicted molar refractivity (Wildman–Crippen MR) is 115 cm³/mol. The molecule has 0 spiro atoms. The van der Waals surface area contributed by atoms with Crippen LogP contribution in [-0.2, 0) is 20.9 Å². The average molecular weight is 397 g/mol.